The Morgan fingerprint density at radius 2 is 1.81 bits per heavy atom. The van der Waals surface area contributed by atoms with Crippen molar-refractivity contribution in [2.75, 3.05) is 0 Å². The van der Waals surface area contributed by atoms with E-state index < -0.39 is 29.3 Å². The molecule has 21 heavy (non-hydrogen) atoms. The number of esters is 1. The third-order valence-electron chi connectivity index (χ3n) is 2.33. The first-order valence-electron chi connectivity index (χ1n) is 5.92. The van der Waals surface area contributed by atoms with E-state index >= 15 is 0 Å². The average molecular weight is 304 g/mol. The van der Waals surface area contributed by atoms with Crippen molar-refractivity contribution >= 4 is 11.8 Å². The van der Waals surface area contributed by atoms with Crippen LogP contribution in [0.4, 0.5) is 17.6 Å². The van der Waals surface area contributed by atoms with E-state index in [9.17, 15) is 27.2 Å². The minimum Gasteiger partial charge on any atom is -0.426 e. The van der Waals surface area contributed by atoms with E-state index in [1.54, 1.807) is 0 Å². The van der Waals surface area contributed by atoms with Crippen molar-refractivity contribution in [3.8, 4) is 5.75 Å². The summed E-state index contributed by atoms with van der Waals surface area (Å²) in [7, 11) is 0. The standard InChI is InChI=1S/C14H12F4O3/c1-9(19)4-2-3-5-13(20)21-10-6-7-12(15)11(8-10)14(16,17)18/h2-3,6-8H,4-5H2,1H3. The van der Waals surface area contributed by atoms with Crippen LogP contribution < -0.4 is 4.74 Å². The second kappa shape index (κ2) is 7.01. The molecular formula is C14H12F4O3. The van der Waals surface area contributed by atoms with Crippen molar-refractivity contribution < 1.29 is 31.9 Å². The average Bonchev–Trinajstić information content (AvgIpc) is 2.35. The van der Waals surface area contributed by atoms with E-state index in [4.69, 9.17) is 0 Å². The molecule has 0 amide bonds. The highest BCUT2D eigenvalue weighted by Gasteiger charge is 2.34. The van der Waals surface area contributed by atoms with Crippen LogP contribution in [0.2, 0.25) is 0 Å². The number of rotatable bonds is 5. The summed E-state index contributed by atoms with van der Waals surface area (Å²) in [5.74, 6) is -2.74. The fraction of sp³-hybridized carbons (Fsp3) is 0.286. The third kappa shape index (κ3) is 5.76. The van der Waals surface area contributed by atoms with Crippen LogP contribution in [0.25, 0.3) is 0 Å². The quantitative estimate of drug-likeness (QED) is 0.361. The predicted octanol–water partition coefficient (Wildman–Crippen LogP) is 3.68. The first kappa shape index (κ1) is 16.9. The number of benzene rings is 1. The molecule has 7 heteroatoms. The maximum atomic E-state index is 13.0. The topological polar surface area (TPSA) is 43.4 Å². The van der Waals surface area contributed by atoms with Gasteiger partial charge in [-0.25, -0.2) is 4.39 Å². The van der Waals surface area contributed by atoms with Gasteiger partial charge in [0.15, 0.2) is 0 Å². The Morgan fingerprint density at radius 3 is 2.38 bits per heavy atom. The van der Waals surface area contributed by atoms with E-state index in [1.165, 1.54) is 19.1 Å². The lowest BCUT2D eigenvalue weighted by molar-refractivity contribution is -0.141. The van der Waals surface area contributed by atoms with Crippen molar-refractivity contribution in [1.82, 2.24) is 0 Å². The number of halogens is 4. The van der Waals surface area contributed by atoms with Gasteiger partial charge in [0.2, 0.25) is 0 Å². The number of hydrogen-bond acceptors (Lipinski definition) is 3. The number of carbonyl (C=O) groups excluding carboxylic acids is 2. The largest absolute Gasteiger partial charge is 0.426 e. The molecule has 0 aromatic heterocycles. The second-order valence-electron chi connectivity index (χ2n) is 4.20. The second-order valence-corrected chi connectivity index (χ2v) is 4.20. The van der Waals surface area contributed by atoms with Crippen molar-refractivity contribution in [2.24, 2.45) is 0 Å². The zero-order valence-corrected chi connectivity index (χ0v) is 11.0. The lowest BCUT2D eigenvalue weighted by Crippen LogP contribution is -2.11. The van der Waals surface area contributed by atoms with Gasteiger partial charge in [-0.3, -0.25) is 9.59 Å². The van der Waals surface area contributed by atoms with Gasteiger partial charge in [-0.15, -0.1) is 0 Å². The fourth-order valence-corrected chi connectivity index (χ4v) is 1.39. The van der Waals surface area contributed by atoms with Crippen molar-refractivity contribution in [3.05, 3.63) is 41.7 Å². The van der Waals surface area contributed by atoms with Gasteiger partial charge in [0.25, 0.3) is 0 Å². The monoisotopic (exact) mass is 304 g/mol. The minimum absolute atomic E-state index is 0.0898. The molecule has 0 aliphatic carbocycles. The molecule has 0 saturated heterocycles. The van der Waals surface area contributed by atoms with E-state index in [0.29, 0.717) is 12.1 Å². The van der Waals surface area contributed by atoms with Crippen LogP contribution >= 0.6 is 0 Å². The van der Waals surface area contributed by atoms with Gasteiger partial charge in [0.05, 0.1) is 12.0 Å². The predicted molar refractivity (Wildman–Crippen MR) is 66.1 cm³/mol. The van der Waals surface area contributed by atoms with Crippen LogP contribution in [0, 0.1) is 5.82 Å². The molecular weight excluding hydrogens is 292 g/mol. The van der Waals surface area contributed by atoms with Crippen LogP contribution in [0.15, 0.2) is 30.4 Å². The van der Waals surface area contributed by atoms with E-state index in [2.05, 4.69) is 4.74 Å². The molecule has 0 atom stereocenters. The summed E-state index contributed by atoms with van der Waals surface area (Å²) in [6, 6.07) is 1.94. The van der Waals surface area contributed by atoms with Gasteiger partial charge in [-0.2, -0.15) is 13.2 Å². The van der Waals surface area contributed by atoms with Crippen LogP contribution in [-0.4, -0.2) is 11.8 Å². The molecule has 0 N–H and O–H groups in total. The number of hydrogen-bond donors (Lipinski definition) is 0. The molecule has 0 aliphatic rings. The molecule has 3 nitrogen and oxygen atoms in total. The summed E-state index contributed by atoms with van der Waals surface area (Å²) in [5.41, 5.74) is -1.50. The summed E-state index contributed by atoms with van der Waals surface area (Å²) in [5, 5.41) is 0. The number of allylic oxidation sites excluding steroid dienone is 1. The Hall–Kier alpha value is -2.18. The van der Waals surface area contributed by atoms with Crippen LogP contribution in [0.5, 0.6) is 5.75 Å². The summed E-state index contributed by atoms with van der Waals surface area (Å²) in [4.78, 5) is 22.0. The molecule has 114 valence electrons. The highest BCUT2D eigenvalue weighted by atomic mass is 19.4. The van der Waals surface area contributed by atoms with E-state index in [-0.39, 0.29) is 18.6 Å². The highest BCUT2D eigenvalue weighted by Crippen LogP contribution is 2.33. The Morgan fingerprint density at radius 1 is 1.19 bits per heavy atom. The first-order valence-corrected chi connectivity index (χ1v) is 5.92. The van der Waals surface area contributed by atoms with Crippen LogP contribution in [0.1, 0.15) is 25.3 Å². The van der Waals surface area contributed by atoms with Gasteiger partial charge in [-0.1, -0.05) is 12.2 Å². The van der Waals surface area contributed by atoms with Crippen LogP contribution in [0.3, 0.4) is 0 Å². The molecule has 1 aromatic carbocycles. The minimum atomic E-state index is -4.87. The molecule has 1 aromatic rings. The van der Waals surface area contributed by atoms with Gasteiger partial charge >= 0.3 is 12.1 Å². The number of ketones is 1. The highest BCUT2D eigenvalue weighted by molar-refractivity contribution is 5.77. The summed E-state index contributed by atoms with van der Waals surface area (Å²) in [6.45, 7) is 1.37. The first-order chi connectivity index (χ1) is 9.70. The Kier molecular flexibility index (Phi) is 5.63. The SMILES string of the molecule is CC(=O)CC=CCC(=O)Oc1ccc(F)c(C(F)(F)F)c1. The molecule has 1 rings (SSSR count). The summed E-state index contributed by atoms with van der Waals surface area (Å²) in [6.07, 6.45) is -2.09. The number of ether oxygens (including phenoxy) is 1. The van der Waals surface area contributed by atoms with Gasteiger partial charge < -0.3 is 4.74 Å². The number of Topliss-reactive ketones (excluding diaryl/α,β-unsaturated/α-hetero) is 1. The molecule has 0 spiro atoms. The summed E-state index contributed by atoms with van der Waals surface area (Å²) >= 11 is 0. The third-order valence-corrected chi connectivity index (χ3v) is 2.33. The van der Waals surface area contributed by atoms with Crippen LogP contribution in [-0.2, 0) is 15.8 Å². The van der Waals surface area contributed by atoms with Gasteiger partial charge in [0, 0.05) is 6.42 Å². The molecule has 0 unspecified atom stereocenters. The number of alkyl halides is 3. The molecule has 0 fully saturated rings. The van der Waals surface area contributed by atoms with Crippen molar-refractivity contribution in [3.63, 3.8) is 0 Å². The maximum Gasteiger partial charge on any atom is 0.419 e. The lowest BCUT2D eigenvalue weighted by Gasteiger charge is -2.09. The molecule has 0 bridgehead atoms. The van der Waals surface area contributed by atoms with Gasteiger partial charge in [0.1, 0.15) is 17.3 Å². The lowest BCUT2D eigenvalue weighted by atomic mass is 10.2. The molecule has 0 saturated carbocycles. The molecule has 0 heterocycles. The fourth-order valence-electron chi connectivity index (χ4n) is 1.39. The van der Waals surface area contributed by atoms with Crippen molar-refractivity contribution in [1.29, 1.82) is 0 Å². The molecule has 0 radical (unpaired) electrons. The maximum absolute atomic E-state index is 13.0. The van der Waals surface area contributed by atoms with Crippen molar-refractivity contribution in [2.45, 2.75) is 25.9 Å². The zero-order chi connectivity index (χ0) is 16.0. The Balaban J connectivity index is 2.69. The smallest absolute Gasteiger partial charge is 0.419 e. The van der Waals surface area contributed by atoms with Gasteiger partial charge in [-0.05, 0) is 25.1 Å². The van der Waals surface area contributed by atoms with E-state index in [0.717, 1.165) is 6.07 Å². The number of carbonyl (C=O) groups is 2. The van der Waals surface area contributed by atoms with E-state index in [1.807, 2.05) is 0 Å². The zero-order valence-electron chi connectivity index (χ0n) is 11.0. The summed E-state index contributed by atoms with van der Waals surface area (Å²) < 4.78 is 55.1. The Bertz CT molecular complexity index is 562. The molecule has 0 aliphatic heterocycles. The normalized spacial score (nSPS) is 11.7. The Labute approximate surface area is 118 Å².